The van der Waals surface area contributed by atoms with Crippen molar-refractivity contribution >= 4 is 16.9 Å². The van der Waals surface area contributed by atoms with E-state index >= 15 is 0 Å². The SMILES string of the molecule is COc1ccccc1C(=O)NCc1nc2ccccc2n1CCCOc1cc(C)ccc1C(C)C. The molecule has 4 rings (SSSR count). The molecule has 0 saturated carbocycles. The summed E-state index contributed by atoms with van der Waals surface area (Å²) in [4.78, 5) is 17.6. The second-order valence-corrected chi connectivity index (χ2v) is 8.95. The molecule has 0 spiro atoms. The van der Waals surface area contributed by atoms with Crippen LogP contribution in [0.15, 0.2) is 66.7 Å². The molecule has 1 N–H and O–H groups in total. The smallest absolute Gasteiger partial charge is 0.255 e. The van der Waals surface area contributed by atoms with Crippen molar-refractivity contribution in [3.8, 4) is 11.5 Å². The van der Waals surface area contributed by atoms with E-state index in [-0.39, 0.29) is 5.91 Å². The van der Waals surface area contributed by atoms with Gasteiger partial charge in [0.2, 0.25) is 0 Å². The number of aromatic nitrogens is 2. The summed E-state index contributed by atoms with van der Waals surface area (Å²) in [5.74, 6) is 2.53. The molecular formula is C29H33N3O3. The van der Waals surface area contributed by atoms with E-state index in [0.29, 0.717) is 30.4 Å². The number of methoxy groups -OCH3 is 1. The molecule has 1 heterocycles. The molecule has 0 saturated heterocycles. The van der Waals surface area contributed by atoms with Crippen LogP contribution in [0, 0.1) is 6.92 Å². The summed E-state index contributed by atoms with van der Waals surface area (Å²) in [6.07, 6.45) is 0.819. The first-order valence-electron chi connectivity index (χ1n) is 12.1. The molecule has 1 amide bonds. The number of hydrogen-bond acceptors (Lipinski definition) is 4. The Labute approximate surface area is 206 Å². The van der Waals surface area contributed by atoms with E-state index in [1.54, 1.807) is 19.2 Å². The molecule has 0 bridgehead atoms. The van der Waals surface area contributed by atoms with E-state index in [9.17, 15) is 4.79 Å². The van der Waals surface area contributed by atoms with Crippen LogP contribution in [0.4, 0.5) is 0 Å². The molecule has 35 heavy (non-hydrogen) atoms. The van der Waals surface area contributed by atoms with Crippen molar-refractivity contribution in [1.29, 1.82) is 0 Å². The molecule has 4 aromatic rings. The van der Waals surface area contributed by atoms with E-state index in [0.717, 1.165) is 35.6 Å². The lowest BCUT2D eigenvalue weighted by Crippen LogP contribution is -2.25. The number of benzene rings is 3. The third kappa shape index (κ3) is 5.65. The van der Waals surface area contributed by atoms with Gasteiger partial charge in [-0.3, -0.25) is 4.79 Å². The third-order valence-electron chi connectivity index (χ3n) is 6.07. The number of carbonyl (C=O) groups is 1. The Bertz CT molecular complexity index is 1310. The minimum atomic E-state index is -0.190. The Morgan fingerprint density at radius 2 is 1.80 bits per heavy atom. The van der Waals surface area contributed by atoms with Gasteiger partial charge in [-0.2, -0.15) is 0 Å². The van der Waals surface area contributed by atoms with Gasteiger partial charge in [-0.15, -0.1) is 0 Å². The number of nitrogens with zero attached hydrogens (tertiary/aromatic N) is 2. The summed E-state index contributed by atoms with van der Waals surface area (Å²) in [5, 5.41) is 3.00. The van der Waals surface area contributed by atoms with Crippen LogP contribution in [-0.4, -0.2) is 29.2 Å². The number of rotatable bonds is 10. The highest BCUT2D eigenvalue weighted by Crippen LogP contribution is 2.28. The van der Waals surface area contributed by atoms with Gasteiger partial charge in [-0.05, 0) is 60.7 Å². The van der Waals surface area contributed by atoms with Crippen LogP contribution in [0.25, 0.3) is 11.0 Å². The maximum absolute atomic E-state index is 12.8. The monoisotopic (exact) mass is 471 g/mol. The molecular weight excluding hydrogens is 438 g/mol. The summed E-state index contributed by atoms with van der Waals surface area (Å²) in [6.45, 7) is 8.11. The molecule has 0 unspecified atom stereocenters. The molecule has 0 aliphatic rings. The zero-order valence-electron chi connectivity index (χ0n) is 20.9. The maximum atomic E-state index is 12.8. The average Bonchev–Trinajstić information content (AvgIpc) is 3.22. The van der Waals surface area contributed by atoms with Gasteiger partial charge in [0.1, 0.15) is 17.3 Å². The molecule has 0 aliphatic carbocycles. The molecule has 0 radical (unpaired) electrons. The number of ether oxygens (including phenoxy) is 2. The molecule has 3 aromatic carbocycles. The van der Waals surface area contributed by atoms with Crippen LogP contribution >= 0.6 is 0 Å². The molecule has 182 valence electrons. The second kappa shape index (κ2) is 11.1. The topological polar surface area (TPSA) is 65.4 Å². The first-order valence-corrected chi connectivity index (χ1v) is 12.1. The van der Waals surface area contributed by atoms with Crippen molar-refractivity contribution in [2.24, 2.45) is 0 Å². The van der Waals surface area contributed by atoms with Crippen molar-refractivity contribution < 1.29 is 14.3 Å². The number of amides is 1. The van der Waals surface area contributed by atoms with Gasteiger partial charge in [0.05, 0.1) is 36.9 Å². The maximum Gasteiger partial charge on any atom is 0.255 e. The molecule has 1 aromatic heterocycles. The van der Waals surface area contributed by atoms with Crippen molar-refractivity contribution in [2.45, 2.75) is 46.2 Å². The van der Waals surface area contributed by atoms with Crippen molar-refractivity contribution in [3.05, 3.63) is 89.2 Å². The van der Waals surface area contributed by atoms with Crippen molar-refractivity contribution in [3.63, 3.8) is 0 Å². The van der Waals surface area contributed by atoms with Gasteiger partial charge in [0.25, 0.3) is 5.91 Å². The highest BCUT2D eigenvalue weighted by Gasteiger charge is 2.15. The fourth-order valence-electron chi connectivity index (χ4n) is 4.24. The van der Waals surface area contributed by atoms with E-state index in [2.05, 4.69) is 54.9 Å². The Morgan fingerprint density at radius 1 is 1.03 bits per heavy atom. The third-order valence-corrected chi connectivity index (χ3v) is 6.07. The lowest BCUT2D eigenvalue weighted by molar-refractivity contribution is 0.0946. The van der Waals surface area contributed by atoms with Gasteiger partial charge < -0.3 is 19.4 Å². The van der Waals surface area contributed by atoms with E-state index in [4.69, 9.17) is 14.5 Å². The summed E-state index contributed by atoms with van der Waals surface area (Å²) >= 11 is 0. The Hall–Kier alpha value is -3.80. The summed E-state index contributed by atoms with van der Waals surface area (Å²) in [7, 11) is 1.56. The van der Waals surface area contributed by atoms with Gasteiger partial charge in [-0.1, -0.05) is 50.2 Å². The Morgan fingerprint density at radius 3 is 2.60 bits per heavy atom. The highest BCUT2D eigenvalue weighted by atomic mass is 16.5. The van der Waals surface area contributed by atoms with E-state index in [1.807, 2.05) is 30.3 Å². The van der Waals surface area contributed by atoms with Gasteiger partial charge in [0, 0.05) is 6.54 Å². The van der Waals surface area contributed by atoms with Gasteiger partial charge >= 0.3 is 0 Å². The fraction of sp³-hybridized carbons (Fsp3) is 0.310. The van der Waals surface area contributed by atoms with Crippen LogP contribution in [0.2, 0.25) is 0 Å². The molecule has 6 heteroatoms. The van der Waals surface area contributed by atoms with Gasteiger partial charge in [0.15, 0.2) is 0 Å². The van der Waals surface area contributed by atoms with Crippen molar-refractivity contribution in [2.75, 3.05) is 13.7 Å². The van der Waals surface area contributed by atoms with Crippen LogP contribution in [0.5, 0.6) is 11.5 Å². The number of nitrogens with one attached hydrogen (secondary N) is 1. The zero-order chi connectivity index (χ0) is 24.8. The fourth-order valence-corrected chi connectivity index (χ4v) is 4.24. The van der Waals surface area contributed by atoms with Gasteiger partial charge in [-0.25, -0.2) is 4.98 Å². The van der Waals surface area contributed by atoms with Crippen LogP contribution in [0.1, 0.15) is 53.5 Å². The first kappa shape index (κ1) is 24.3. The second-order valence-electron chi connectivity index (χ2n) is 8.95. The number of carbonyl (C=O) groups excluding carboxylic acids is 1. The zero-order valence-corrected chi connectivity index (χ0v) is 20.9. The number of fused-ring (bicyclic) bond motifs is 1. The quantitative estimate of drug-likeness (QED) is 0.294. The van der Waals surface area contributed by atoms with Crippen LogP contribution in [-0.2, 0) is 13.1 Å². The predicted molar refractivity (Wildman–Crippen MR) is 139 cm³/mol. The summed E-state index contributed by atoms with van der Waals surface area (Å²) in [5.41, 5.74) is 4.88. The first-order chi connectivity index (χ1) is 17.0. The normalized spacial score (nSPS) is 11.1. The lowest BCUT2D eigenvalue weighted by Gasteiger charge is -2.16. The molecule has 0 aliphatic heterocycles. The number of aryl methyl sites for hydroxylation is 2. The summed E-state index contributed by atoms with van der Waals surface area (Å²) < 4.78 is 13.7. The highest BCUT2D eigenvalue weighted by molar-refractivity contribution is 5.96. The Balaban J connectivity index is 1.45. The largest absolute Gasteiger partial charge is 0.496 e. The molecule has 0 fully saturated rings. The standard InChI is InChI=1S/C29H33N3O3/c1-20(2)22-15-14-21(3)18-27(22)35-17-9-16-32-25-12-7-6-11-24(25)31-28(32)19-30-29(33)23-10-5-8-13-26(23)34-4/h5-8,10-15,18,20H,9,16-17,19H2,1-4H3,(H,30,33). The number of imidazole rings is 1. The minimum absolute atomic E-state index is 0.190. The average molecular weight is 472 g/mol. The predicted octanol–water partition coefficient (Wildman–Crippen LogP) is 5.88. The lowest BCUT2D eigenvalue weighted by atomic mass is 10.0. The van der Waals surface area contributed by atoms with Crippen LogP contribution in [0.3, 0.4) is 0 Å². The number of hydrogen-bond donors (Lipinski definition) is 1. The van der Waals surface area contributed by atoms with Crippen molar-refractivity contribution in [1.82, 2.24) is 14.9 Å². The van der Waals surface area contributed by atoms with Crippen LogP contribution < -0.4 is 14.8 Å². The minimum Gasteiger partial charge on any atom is -0.496 e. The molecule has 0 atom stereocenters. The van der Waals surface area contributed by atoms with E-state index < -0.39 is 0 Å². The number of para-hydroxylation sites is 3. The Kier molecular flexibility index (Phi) is 7.70. The van der Waals surface area contributed by atoms with E-state index in [1.165, 1.54) is 11.1 Å². The molecule has 6 nitrogen and oxygen atoms in total. The summed E-state index contributed by atoms with van der Waals surface area (Å²) in [6, 6.07) is 21.6.